The second kappa shape index (κ2) is 9.43. The highest BCUT2D eigenvalue weighted by molar-refractivity contribution is 7.22. The number of aromatic nitrogens is 5. The van der Waals surface area contributed by atoms with Gasteiger partial charge in [0, 0.05) is 26.2 Å². The number of thiazole rings is 1. The Morgan fingerprint density at radius 1 is 0.943 bits per heavy atom. The average Bonchev–Trinajstić information content (AvgIpc) is 3.52. The molecule has 4 aromatic rings. The molecule has 0 unspecified atom stereocenters. The molecule has 1 atom stereocenters. The van der Waals surface area contributed by atoms with Gasteiger partial charge in [0.05, 0.1) is 36.0 Å². The number of hydrogen-bond donors (Lipinski definition) is 0. The van der Waals surface area contributed by atoms with Crippen molar-refractivity contribution in [1.29, 1.82) is 0 Å². The van der Waals surface area contributed by atoms with E-state index in [9.17, 15) is 0 Å². The number of tetrazole rings is 1. The highest BCUT2D eigenvalue weighted by Crippen LogP contribution is 2.37. The Hall–Kier alpha value is -3.24. The molecule has 5 rings (SSSR count). The first-order chi connectivity index (χ1) is 16.9. The van der Waals surface area contributed by atoms with E-state index in [0.29, 0.717) is 11.5 Å². The van der Waals surface area contributed by atoms with Gasteiger partial charge in [-0.25, -0.2) is 9.67 Å². The van der Waals surface area contributed by atoms with Crippen molar-refractivity contribution in [1.82, 2.24) is 30.1 Å². The van der Waals surface area contributed by atoms with E-state index in [-0.39, 0.29) is 11.6 Å². The van der Waals surface area contributed by atoms with Crippen LogP contribution in [0, 0.1) is 0 Å². The third kappa shape index (κ3) is 4.55. The Bertz CT molecular complexity index is 1270. The van der Waals surface area contributed by atoms with E-state index in [1.165, 1.54) is 4.70 Å². The molecule has 2 aromatic heterocycles. The molecule has 1 fully saturated rings. The fraction of sp³-hybridized carbons (Fsp3) is 0.440. The van der Waals surface area contributed by atoms with Crippen LogP contribution in [0.2, 0.25) is 0 Å². The molecule has 10 heteroatoms. The molecule has 0 radical (unpaired) electrons. The second-order valence-corrected chi connectivity index (χ2v) is 10.6. The minimum absolute atomic E-state index is 0.124. The van der Waals surface area contributed by atoms with Crippen molar-refractivity contribution in [2.24, 2.45) is 0 Å². The van der Waals surface area contributed by atoms with Crippen molar-refractivity contribution in [2.45, 2.75) is 32.4 Å². The Morgan fingerprint density at radius 2 is 1.69 bits per heavy atom. The minimum atomic E-state index is -0.254. The zero-order valence-electron chi connectivity index (χ0n) is 20.8. The van der Waals surface area contributed by atoms with Crippen LogP contribution in [-0.4, -0.2) is 70.5 Å². The Balaban J connectivity index is 1.47. The van der Waals surface area contributed by atoms with Crippen molar-refractivity contribution >= 4 is 26.7 Å². The highest BCUT2D eigenvalue weighted by atomic mass is 32.1. The molecular weight excluding hydrogens is 462 g/mol. The van der Waals surface area contributed by atoms with E-state index < -0.39 is 0 Å². The standard InChI is InChI=1S/C25H31N7O2S/c1-25(2,3)32-23(27-28-29-32)22(17-10-11-19(33-4)20(16-17)34-5)30-12-14-31(15-13-30)24-26-18-8-6-7-9-21(18)35-24/h6-11,16,22H,12-15H2,1-5H3/t22-/m1/s1. The summed E-state index contributed by atoms with van der Waals surface area (Å²) in [5, 5.41) is 14.0. The number of para-hydroxylation sites is 1. The number of benzene rings is 2. The lowest BCUT2D eigenvalue weighted by atomic mass is 10.0. The van der Waals surface area contributed by atoms with Gasteiger partial charge >= 0.3 is 0 Å². The smallest absolute Gasteiger partial charge is 0.186 e. The zero-order chi connectivity index (χ0) is 24.6. The maximum absolute atomic E-state index is 5.62. The SMILES string of the molecule is COc1ccc([C@H](c2nnnn2C(C)(C)C)N2CCN(c3nc4ccccc4s3)CC2)cc1OC. The molecular formula is C25H31N7O2S. The van der Waals surface area contributed by atoms with Crippen LogP contribution in [0.5, 0.6) is 11.5 Å². The van der Waals surface area contributed by atoms with Gasteiger partial charge < -0.3 is 14.4 Å². The highest BCUT2D eigenvalue weighted by Gasteiger charge is 2.34. The third-order valence-electron chi connectivity index (χ3n) is 6.33. The van der Waals surface area contributed by atoms with Gasteiger partial charge in [0.2, 0.25) is 0 Å². The van der Waals surface area contributed by atoms with Crippen LogP contribution in [-0.2, 0) is 5.54 Å². The fourth-order valence-corrected chi connectivity index (χ4v) is 5.57. The van der Waals surface area contributed by atoms with Crippen LogP contribution in [0.3, 0.4) is 0 Å². The largest absolute Gasteiger partial charge is 0.493 e. The first-order valence-electron chi connectivity index (χ1n) is 11.7. The number of methoxy groups -OCH3 is 2. The molecule has 0 N–H and O–H groups in total. The number of hydrogen-bond acceptors (Lipinski definition) is 9. The minimum Gasteiger partial charge on any atom is -0.493 e. The number of nitrogens with zero attached hydrogens (tertiary/aromatic N) is 7. The van der Waals surface area contributed by atoms with Crippen LogP contribution < -0.4 is 14.4 Å². The van der Waals surface area contributed by atoms with Gasteiger partial charge in [0.25, 0.3) is 0 Å². The molecule has 1 aliphatic heterocycles. The monoisotopic (exact) mass is 493 g/mol. The van der Waals surface area contributed by atoms with Crippen LogP contribution in [0.25, 0.3) is 10.2 Å². The number of rotatable bonds is 6. The van der Waals surface area contributed by atoms with Crippen LogP contribution >= 0.6 is 11.3 Å². The average molecular weight is 494 g/mol. The van der Waals surface area contributed by atoms with Crippen LogP contribution in [0.1, 0.15) is 38.2 Å². The van der Waals surface area contributed by atoms with Gasteiger partial charge in [-0.05, 0) is 61.0 Å². The van der Waals surface area contributed by atoms with E-state index in [2.05, 4.69) is 70.4 Å². The van der Waals surface area contributed by atoms with Crippen LogP contribution in [0.15, 0.2) is 42.5 Å². The molecule has 9 nitrogen and oxygen atoms in total. The third-order valence-corrected chi connectivity index (χ3v) is 7.43. The lowest BCUT2D eigenvalue weighted by Gasteiger charge is -2.39. The van der Waals surface area contributed by atoms with Gasteiger partial charge in [-0.3, -0.25) is 4.90 Å². The molecule has 35 heavy (non-hydrogen) atoms. The number of ether oxygens (including phenoxy) is 2. The first-order valence-corrected chi connectivity index (χ1v) is 12.6. The Kier molecular flexibility index (Phi) is 6.33. The van der Waals surface area contributed by atoms with E-state index in [0.717, 1.165) is 48.2 Å². The summed E-state index contributed by atoms with van der Waals surface area (Å²) in [7, 11) is 3.31. The molecule has 2 aromatic carbocycles. The summed E-state index contributed by atoms with van der Waals surface area (Å²) in [6, 6.07) is 14.2. The number of anilines is 1. The lowest BCUT2D eigenvalue weighted by molar-refractivity contribution is 0.191. The fourth-order valence-electron chi connectivity index (χ4n) is 4.56. The second-order valence-electron chi connectivity index (χ2n) is 9.62. The van der Waals surface area contributed by atoms with Gasteiger partial charge in [0.15, 0.2) is 22.5 Å². The summed E-state index contributed by atoms with van der Waals surface area (Å²) in [6.07, 6.45) is 0. The molecule has 0 amide bonds. The molecule has 1 aliphatic rings. The van der Waals surface area contributed by atoms with Gasteiger partial charge in [-0.2, -0.15) is 0 Å². The van der Waals surface area contributed by atoms with Crippen molar-refractivity contribution in [3.05, 3.63) is 53.9 Å². The molecule has 0 saturated carbocycles. The summed E-state index contributed by atoms with van der Waals surface area (Å²) >= 11 is 1.75. The summed E-state index contributed by atoms with van der Waals surface area (Å²) in [5.41, 5.74) is 1.87. The number of fused-ring (bicyclic) bond motifs is 1. The molecule has 184 valence electrons. The maximum atomic E-state index is 5.62. The van der Waals surface area contributed by atoms with Crippen molar-refractivity contribution < 1.29 is 9.47 Å². The predicted molar refractivity (Wildman–Crippen MR) is 138 cm³/mol. The van der Waals surface area contributed by atoms with E-state index in [1.807, 2.05) is 22.9 Å². The van der Waals surface area contributed by atoms with Gasteiger partial charge in [0.1, 0.15) is 0 Å². The summed E-state index contributed by atoms with van der Waals surface area (Å²) < 4.78 is 14.2. The molecule has 0 aliphatic carbocycles. The number of piperazine rings is 1. The zero-order valence-corrected chi connectivity index (χ0v) is 21.6. The molecule has 0 spiro atoms. The van der Waals surface area contributed by atoms with Gasteiger partial charge in [-0.1, -0.05) is 29.5 Å². The lowest BCUT2D eigenvalue weighted by Crippen LogP contribution is -2.48. The van der Waals surface area contributed by atoms with Crippen molar-refractivity contribution in [2.75, 3.05) is 45.3 Å². The normalized spacial score (nSPS) is 16.0. The van der Waals surface area contributed by atoms with Crippen molar-refractivity contribution in [3.63, 3.8) is 0 Å². The molecule has 0 bridgehead atoms. The van der Waals surface area contributed by atoms with E-state index in [1.54, 1.807) is 25.6 Å². The summed E-state index contributed by atoms with van der Waals surface area (Å²) in [6.45, 7) is 9.80. The molecule has 1 saturated heterocycles. The van der Waals surface area contributed by atoms with Gasteiger partial charge in [-0.15, -0.1) is 5.10 Å². The Labute approximate surface area is 209 Å². The van der Waals surface area contributed by atoms with E-state index in [4.69, 9.17) is 14.5 Å². The summed E-state index contributed by atoms with van der Waals surface area (Å²) in [4.78, 5) is 9.68. The Morgan fingerprint density at radius 3 is 2.37 bits per heavy atom. The topological polar surface area (TPSA) is 81.4 Å². The quantitative estimate of drug-likeness (QED) is 0.399. The summed E-state index contributed by atoms with van der Waals surface area (Å²) in [5.74, 6) is 2.21. The maximum Gasteiger partial charge on any atom is 0.186 e. The first kappa shape index (κ1) is 23.5. The predicted octanol–water partition coefficient (Wildman–Crippen LogP) is 3.97. The van der Waals surface area contributed by atoms with E-state index >= 15 is 0 Å². The van der Waals surface area contributed by atoms with Crippen LogP contribution in [0.4, 0.5) is 5.13 Å². The van der Waals surface area contributed by atoms with Crippen molar-refractivity contribution in [3.8, 4) is 11.5 Å². The molecule has 3 heterocycles.